The van der Waals surface area contributed by atoms with E-state index in [1.54, 1.807) is 12.1 Å². The van der Waals surface area contributed by atoms with Crippen molar-refractivity contribution in [1.82, 2.24) is 0 Å². The van der Waals surface area contributed by atoms with Gasteiger partial charge in [-0.2, -0.15) is 0 Å². The summed E-state index contributed by atoms with van der Waals surface area (Å²) in [5, 5.41) is 14.2. The molecule has 0 fully saturated rings. The molecule has 0 aliphatic carbocycles. The Morgan fingerprint density at radius 3 is 2.57 bits per heavy atom. The van der Waals surface area contributed by atoms with Crippen LogP contribution < -0.4 is 5.32 Å². The normalized spacial score (nSPS) is 11.9. The van der Waals surface area contributed by atoms with Gasteiger partial charge in [-0.05, 0) is 37.5 Å². The fourth-order valence-electron chi connectivity index (χ4n) is 2.13. The van der Waals surface area contributed by atoms with Crippen molar-refractivity contribution in [2.75, 3.05) is 5.32 Å². The summed E-state index contributed by atoms with van der Waals surface area (Å²) in [5.74, 6) is 0. The number of nitrogens with one attached hydrogen (secondary N) is 1. The van der Waals surface area contributed by atoms with E-state index in [1.807, 2.05) is 18.2 Å². The predicted molar refractivity (Wildman–Crippen MR) is 86.0 cm³/mol. The maximum Gasteiger partial charge on any atom is 0.288 e. The van der Waals surface area contributed by atoms with Crippen molar-refractivity contribution in [1.29, 1.82) is 0 Å². The van der Waals surface area contributed by atoms with Crippen LogP contribution in [0.25, 0.3) is 0 Å². The second-order valence-electron chi connectivity index (χ2n) is 4.99. The summed E-state index contributed by atoms with van der Waals surface area (Å²) in [6.07, 6.45) is 1.95. The Bertz CT molecular complexity index is 617. The summed E-state index contributed by atoms with van der Waals surface area (Å²) in [4.78, 5) is 10.2. The third-order valence-electron chi connectivity index (χ3n) is 3.27. The third-order valence-corrected chi connectivity index (χ3v) is 3.57. The molecule has 4 nitrogen and oxygen atoms in total. The van der Waals surface area contributed by atoms with Gasteiger partial charge in [0.15, 0.2) is 0 Å². The molecule has 0 aliphatic rings. The Labute approximate surface area is 128 Å². The van der Waals surface area contributed by atoms with E-state index >= 15 is 0 Å². The van der Waals surface area contributed by atoms with Gasteiger partial charge in [-0.15, -0.1) is 0 Å². The molecule has 0 aromatic heterocycles. The smallest absolute Gasteiger partial charge is 0.288 e. The molecule has 2 aromatic rings. The lowest BCUT2D eigenvalue weighted by atomic mass is 10.1. The zero-order chi connectivity index (χ0) is 15.2. The molecule has 0 heterocycles. The SMILES string of the molecule is CC(CCc1ccccc1)Nc1ccc([N+](=O)[O-])c(Cl)c1. The van der Waals surface area contributed by atoms with Crippen molar-refractivity contribution in [2.24, 2.45) is 0 Å². The van der Waals surface area contributed by atoms with Crippen LogP contribution in [0.1, 0.15) is 18.9 Å². The molecule has 1 atom stereocenters. The number of benzene rings is 2. The minimum atomic E-state index is -0.481. The minimum Gasteiger partial charge on any atom is -0.383 e. The van der Waals surface area contributed by atoms with E-state index < -0.39 is 4.92 Å². The quantitative estimate of drug-likeness (QED) is 0.622. The standard InChI is InChI=1S/C16H17ClN2O2/c1-12(7-8-13-5-3-2-4-6-13)18-14-9-10-16(19(20)21)15(17)11-14/h2-6,9-12,18H,7-8H2,1H3. The Balaban J connectivity index is 1.92. The molecule has 5 heteroatoms. The van der Waals surface area contributed by atoms with E-state index in [2.05, 4.69) is 24.4 Å². The lowest BCUT2D eigenvalue weighted by Crippen LogP contribution is -2.16. The van der Waals surface area contributed by atoms with Crippen molar-refractivity contribution >= 4 is 23.0 Å². The molecule has 0 saturated heterocycles. The van der Waals surface area contributed by atoms with Gasteiger partial charge in [0, 0.05) is 17.8 Å². The first kappa shape index (κ1) is 15.3. The topological polar surface area (TPSA) is 55.2 Å². The van der Waals surface area contributed by atoms with Gasteiger partial charge in [0.1, 0.15) is 5.02 Å². The second kappa shape index (κ2) is 7.09. The summed E-state index contributed by atoms with van der Waals surface area (Å²) in [6, 6.07) is 15.2. The lowest BCUT2D eigenvalue weighted by molar-refractivity contribution is -0.384. The van der Waals surface area contributed by atoms with Crippen LogP contribution in [0.2, 0.25) is 5.02 Å². The van der Waals surface area contributed by atoms with Gasteiger partial charge in [0.05, 0.1) is 4.92 Å². The van der Waals surface area contributed by atoms with E-state index in [4.69, 9.17) is 11.6 Å². The number of nitro benzene ring substituents is 1. The zero-order valence-corrected chi connectivity index (χ0v) is 12.5. The van der Waals surface area contributed by atoms with Gasteiger partial charge in [0.2, 0.25) is 0 Å². The summed E-state index contributed by atoms with van der Waals surface area (Å²) >= 11 is 5.90. The van der Waals surface area contributed by atoms with Gasteiger partial charge in [-0.3, -0.25) is 10.1 Å². The Kier molecular flexibility index (Phi) is 5.17. The average Bonchev–Trinajstić information content (AvgIpc) is 2.46. The van der Waals surface area contributed by atoms with E-state index in [9.17, 15) is 10.1 Å². The van der Waals surface area contributed by atoms with Crippen LogP contribution in [0.5, 0.6) is 0 Å². The highest BCUT2D eigenvalue weighted by Gasteiger charge is 2.12. The van der Waals surface area contributed by atoms with Crippen molar-refractivity contribution in [2.45, 2.75) is 25.8 Å². The van der Waals surface area contributed by atoms with Crippen LogP contribution in [0.4, 0.5) is 11.4 Å². The second-order valence-corrected chi connectivity index (χ2v) is 5.40. The molecule has 0 radical (unpaired) electrons. The maximum absolute atomic E-state index is 10.7. The molecule has 110 valence electrons. The summed E-state index contributed by atoms with van der Waals surface area (Å²) in [6.45, 7) is 2.08. The largest absolute Gasteiger partial charge is 0.383 e. The first-order chi connectivity index (χ1) is 10.1. The van der Waals surface area contributed by atoms with Gasteiger partial charge < -0.3 is 5.32 Å². The molecule has 2 aromatic carbocycles. The maximum atomic E-state index is 10.7. The lowest BCUT2D eigenvalue weighted by Gasteiger charge is -2.15. The van der Waals surface area contributed by atoms with Gasteiger partial charge in [-0.25, -0.2) is 0 Å². The van der Waals surface area contributed by atoms with Crippen molar-refractivity contribution in [3.8, 4) is 0 Å². The number of halogens is 1. The van der Waals surface area contributed by atoms with Crippen molar-refractivity contribution < 1.29 is 4.92 Å². The highest BCUT2D eigenvalue weighted by Crippen LogP contribution is 2.27. The van der Waals surface area contributed by atoms with Crippen LogP contribution in [0.3, 0.4) is 0 Å². The van der Waals surface area contributed by atoms with Crippen LogP contribution in [-0.4, -0.2) is 11.0 Å². The molecule has 1 unspecified atom stereocenters. The molecular weight excluding hydrogens is 288 g/mol. The van der Waals surface area contributed by atoms with Crippen LogP contribution in [0, 0.1) is 10.1 Å². The molecule has 2 rings (SSSR count). The molecule has 0 spiro atoms. The number of hydrogen-bond acceptors (Lipinski definition) is 3. The monoisotopic (exact) mass is 304 g/mol. The van der Waals surface area contributed by atoms with E-state index in [0.29, 0.717) is 0 Å². The molecular formula is C16H17ClN2O2. The highest BCUT2D eigenvalue weighted by atomic mass is 35.5. The Morgan fingerprint density at radius 1 is 1.24 bits per heavy atom. The summed E-state index contributed by atoms with van der Waals surface area (Å²) in [7, 11) is 0. The summed E-state index contributed by atoms with van der Waals surface area (Å²) < 4.78 is 0. The molecule has 0 bridgehead atoms. The van der Waals surface area contributed by atoms with Gasteiger partial charge in [-0.1, -0.05) is 41.9 Å². The average molecular weight is 305 g/mol. The fraction of sp³-hybridized carbons (Fsp3) is 0.250. The highest BCUT2D eigenvalue weighted by molar-refractivity contribution is 6.32. The van der Waals surface area contributed by atoms with Crippen LogP contribution in [0.15, 0.2) is 48.5 Å². The molecule has 0 amide bonds. The summed E-state index contributed by atoms with van der Waals surface area (Å²) in [5.41, 5.74) is 2.03. The Morgan fingerprint density at radius 2 is 1.95 bits per heavy atom. The first-order valence-corrected chi connectivity index (χ1v) is 7.18. The number of rotatable bonds is 6. The zero-order valence-electron chi connectivity index (χ0n) is 11.8. The first-order valence-electron chi connectivity index (χ1n) is 6.80. The van der Waals surface area contributed by atoms with E-state index in [-0.39, 0.29) is 16.8 Å². The van der Waals surface area contributed by atoms with Crippen molar-refractivity contribution in [3.05, 3.63) is 69.2 Å². The number of hydrogen-bond donors (Lipinski definition) is 1. The number of anilines is 1. The number of nitro groups is 1. The van der Waals surface area contributed by atoms with Crippen molar-refractivity contribution in [3.63, 3.8) is 0 Å². The fourth-order valence-corrected chi connectivity index (χ4v) is 2.38. The third kappa shape index (κ3) is 4.46. The van der Waals surface area contributed by atoms with Gasteiger partial charge >= 0.3 is 0 Å². The van der Waals surface area contributed by atoms with Crippen LogP contribution in [-0.2, 0) is 6.42 Å². The van der Waals surface area contributed by atoms with E-state index in [1.165, 1.54) is 11.6 Å². The van der Waals surface area contributed by atoms with Crippen LogP contribution >= 0.6 is 11.6 Å². The Hall–Kier alpha value is -2.07. The number of nitrogens with zero attached hydrogens (tertiary/aromatic N) is 1. The molecule has 0 aliphatic heterocycles. The molecule has 21 heavy (non-hydrogen) atoms. The number of aryl methyl sites for hydroxylation is 1. The van der Waals surface area contributed by atoms with E-state index in [0.717, 1.165) is 18.5 Å². The van der Waals surface area contributed by atoms with Gasteiger partial charge in [0.25, 0.3) is 5.69 Å². The molecule has 0 saturated carbocycles. The molecule has 1 N–H and O–H groups in total. The minimum absolute atomic E-state index is 0.0702. The predicted octanol–water partition coefficient (Wildman–Crippen LogP) is 4.68.